The lowest BCUT2D eigenvalue weighted by atomic mass is 9.82. The first-order chi connectivity index (χ1) is 12.4. The van der Waals surface area contributed by atoms with Gasteiger partial charge in [0.2, 0.25) is 0 Å². The highest BCUT2D eigenvalue weighted by Gasteiger charge is 2.58. The molecule has 8 heteroatoms. The molecule has 4 atom stereocenters. The van der Waals surface area contributed by atoms with Gasteiger partial charge in [0.05, 0.1) is 17.3 Å². The molecule has 3 rings (SSSR count). The van der Waals surface area contributed by atoms with Crippen molar-refractivity contribution in [3.05, 3.63) is 35.1 Å². The van der Waals surface area contributed by atoms with Gasteiger partial charge in [0.25, 0.3) is 0 Å². The number of ether oxygens (including phenoxy) is 3. The Balaban J connectivity index is 2.04. The summed E-state index contributed by atoms with van der Waals surface area (Å²) in [5, 5.41) is 32.3. The summed E-state index contributed by atoms with van der Waals surface area (Å²) in [5.74, 6) is -3.20. The quantitative estimate of drug-likeness (QED) is 0.481. The fourth-order valence-corrected chi connectivity index (χ4v) is 3.65. The Morgan fingerprint density at radius 3 is 2.67 bits per heavy atom. The molecule has 2 bridgehead atoms. The molecule has 3 N–H and O–H groups in total. The minimum absolute atomic E-state index is 0.0208. The highest BCUT2D eigenvalue weighted by atomic mass is 16.7. The SMILES string of the molecule is C=C(C)C(=O)OCC1=C2/C(=C\[C@@]3(C)CC[C@](O)(O3)[C@](C)(O)C[C@H]2O)OC1=O. The van der Waals surface area contributed by atoms with Crippen LogP contribution < -0.4 is 0 Å². The van der Waals surface area contributed by atoms with Crippen LogP contribution in [0.1, 0.15) is 40.0 Å². The Labute approximate surface area is 156 Å². The number of aliphatic hydroxyl groups is 3. The Kier molecular flexibility index (Phi) is 4.59. The number of aliphatic hydroxyl groups excluding tert-OH is 1. The maximum Gasteiger partial charge on any atom is 0.343 e. The summed E-state index contributed by atoms with van der Waals surface area (Å²) < 4.78 is 16.1. The molecule has 0 aromatic carbocycles. The van der Waals surface area contributed by atoms with E-state index in [-0.39, 0.29) is 35.3 Å². The van der Waals surface area contributed by atoms with E-state index in [1.54, 1.807) is 6.92 Å². The maximum absolute atomic E-state index is 12.3. The summed E-state index contributed by atoms with van der Waals surface area (Å²) >= 11 is 0. The minimum Gasteiger partial charge on any atom is -0.457 e. The van der Waals surface area contributed by atoms with E-state index in [0.717, 1.165) is 0 Å². The highest BCUT2D eigenvalue weighted by molar-refractivity contribution is 5.96. The van der Waals surface area contributed by atoms with Crippen molar-refractivity contribution in [2.45, 2.75) is 63.1 Å². The van der Waals surface area contributed by atoms with Crippen molar-refractivity contribution in [3.63, 3.8) is 0 Å². The molecule has 3 heterocycles. The van der Waals surface area contributed by atoms with Crippen LogP contribution in [0.3, 0.4) is 0 Å². The van der Waals surface area contributed by atoms with Gasteiger partial charge in [-0.3, -0.25) is 0 Å². The van der Waals surface area contributed by atoms with E-state index in [4.69, 9.17) is 14.2 Å². The third-order valence-corrected chi connectivity index (χ3v) is 5.30. The van der Waals surface area contributed by atoms with Gasteiger partial charge in [0.15, 0.2) is 5.79 Å². The molecular weight excluding hydrogens is 356 g/mol. The van der Waals surface area contributed by atoms with E-state index in [1.165, 1.54) is 19.9 Å². The van der Waals surface area contributed by atoms with Gasteiger partial charge >= 0.3 is 11.9 Å². The Bertz CT molecular complexity index is 777. The number of fused-ring (bicyclic) bond motifs is 3. The van der Waals surface area contributed by atoms with Crippen LogP contribution in [-0.4, -0.2) is 57.0 Å². The molecule has 3 aliphatic heterocycles. The van der Waals surface area contributed by atoms with Crippen LogP contribution in [0.2, 0.25) is 0 Å². The number of hydrogen-bond donors (Lipinski definition) is 3. The number of hydrogen-bond acceptors (Lipinski definition) is 8. The molecule has 8 nitrogen and oxygen atoms in total. The molecule has 0 radical (unpaired) electrons. The molecule has 1 fully saturated rings. The summed E-state index contributed by atoms with van der Waals surface area (Å²) in [7, 11) is 0. The van der Waals surface area contributed by atoms with Gasteiger partial charge in [-0.05, 0) is 33.3 Å². The van der Waals surface area contributed by atoms with Crippen molar-refractivity contribution >= 4 is 11.9 Å². The molecule has 27 heavy (non-hydrogen) atoms. The zero-order valence-electron chi connectivity index (χ0n) is 15.6. The van der Waals surface area contributed by atoms with Gasteiger partial charge in [-0.15, -0.1) is 0 Å². The van der Waals surface area contributed by atoms with Gasteiger partial charge < -0.3 is 29.5 Å². The van der Waals surface area contributed by atoms with Crippen LogP contribution in [0.4, 0.5) is 0 Å². The molecule has 3 aliphatic rings. The number of carbonyl (C=O) groups is 2. The van der Waals surface area contributed by atoms with Gasteiger partial charge in [0.1, 0.15) is 18.0 Å². The molecule has 0 spiro atoms. The molecule has 0 amide bonds. The first-order valence-corrected chi connectivity index (χ1v) is 8.71. The number of rotatable bonds is 3. The summed E-state index contributed by atoms with van der Waals surface area (Å²) in [6.07, 6.45) is 0.400. The normalized spacial score (nSPS) is 40.3. The van der Waals surface area contributed by atoms with E-state index in [1.807, 2.05) is 0 Å². The molecule has 0 saturated carbocycles. The monoisotopic (exact) mass is 380 g/mol. The van der Waals surface area contributed by atoms with Crippen molar-refractivity contribution in [1.82, 2.24) is 0 Å². The second-order valence-electron chi connectivity index (χ2n) is 7.84. The third-order valence-electron chi connectivity index (χ3n) is 5.30. The third kappa shape index (κ3) is 3.34. The summed E-state index contributed by atoms with van der Waals surface area (Å²) in [4.78, 5) is 24.0. The lowest BCUT2D eigenvalue weighted by Crippen LogP contribution is -2.54. The Morgan fingerprint density at radius 1 is 1.37 bits per heavy atom. The average Bonchev–Trinajstić information content (AvgIpc) is 3.01. The van der Waals surface area contributed by atoms with Gasteiger partial charge in [-0.25, -0.2) is 9.59 Å². The molecule has 0 aromatic heterocycles. The van der Waals surface area contributed by atoms with Crippen LogP contribution in [0.25, 0.3) is 0 Å². The van der Waals surface area contributed by atoms with Crippen molar-refractivity contribution in [2.24, 2.45) is 0 Å². The summed E-state index contributed by atoms with van der Waals surface area (Å²) in [6.45, 7) is 7.60. The van der Waals surface area contributed by atoms with Crippen molar-refractivity contribution < 1.29 is 39.1 Å². The average molecular weight is 380 g/mol. The predicted molar refractivity (Wildman–Crippen MR) is 91.9 cm³/mol. The minimum atomic E-state index is -1.85. The topological polar surface area (TPSA) is 123 Å². The first kappa shape index (κ1) is 19.8. The molecule has 1 saturated heterocycles. The number of carbonyl (C=O) groups excluding carboxylic acids is 2. The Morgan fingerprint density at radius 2 is 2.04 bits per heavy atom. The fourth-order valence-electron chi connectivity index (χ4n) is 3.65. The smallest absolute Gasteiger partial charge is 0.343 e. The molecule has 0 aliphatic carbocycles. The molecule has 148 valence electrons. The van der Waals surface area contributed by atoms with Crippen LogP contribution in [0.15, 0.2) is 35.1 Å². The van der Waals surface area contributed by atoms with E-state index in [0.29, 0.717) is 6.42 Å². The van der Waals surface area contributed by atoms with Crippen molar-refractivity contribution in [1.29, 1.82) is 0 Å². The van der Waals surface area contributed by atoms with Crippen LogP contribution in [-0.2, 0) is 23.8 Å². The van der Waals surface area contributed by atoms with E-state index < -0.39 is 41.6 Å². The van der Waals surface area contributed by atoms with E-state index in [2.05, 4.69) is 6.58 Å². The Hall–Kier alpha value is -2.00. The molecule has 0 unspecified atom stereocenters. The van der Waals surface area contributed by atoms with Crippen molar-refractivity contribution in [2.75, 3.05) is 6.61 Å². The van der Waals surface area contributed by atoms with Gasteiger partial charge in [-0.2, -0.15) is 0 Å². The summed E-state index contributed by atoms with van der Waals surface area (Å²) in [6, 6.07) is 0. The van der Waals surface area contributed by atoms with Gasteiger partial charge in [-0.1, -0.05) is 6.58 Å². The maximum atomic E-state index is 12.3. The zero-order valence-corrected chi connectivity index (χ0v) is 15.6. The standard InChI is InChI=1S/C19H24O8/c1-10(2)15(21)25-9-11-14-12(20)7-18(4,23)19(24)6-5-17(3,27-19)8-13(14)26-16(11)22/h8,12,20,23-24H,1,5-7,9H2,2-4H3/b13-8+/t12-,17-,18-,19+/m1/s1. The highest BCUT2D eigenvalue weighted by Crippen LogP contribution is 2.48. The zero-order chi connectivity index (χ0) is 20.2. The second kappa shape index (κ2) is 6.27. The number of esters is 2. The van der Waals surface area contributed by atoms with Crippen LogP contribution >= 0.6 is 0 Å². The van der Waals surface area contributed by atoms with Crippen molar-refractivity contribution in [3.8, 4) is 0 Å². The molecular formula is C19H24O8. The summed E-state index contributed by atoms with van der Waals surface area (Å²) in [5.41, 5.74) is -2.52. The lowest BCUT2D eigenvalue weighted by Gasteiger charge is -2.39. The first-order valence-electron chi connectivity index (χ1n) is 8.71. The predicted octanol–water partition coefficient (Wildman–Crippen LogP) is 0.616. The van der Waals surface area contributed by atoms with E-state index in [9.17, 15) is 24.9 Å². The lowest BCUT2D eigenvalue weighted by molar-refractivity contribution is -0.297. The largest absolute Gasteiger partial charge is 0.457 e. The van der Waals surface area contributed by atoms with Crippen LogP contribution in [0, 0.1) is 0 Å². The van der Waals surface area contributed by atoms with E-state index >= 15 is 0 Å². The molecule has 0 aromatic rings. The van der Waals surface area contributed by atoms with Gasteiger partial charge in [0, 0.05) is 24.0 Å². The van der Waals surface area contributed by atoms with Crippen LogP contribution in [0.5, 0.6) is 0 Å². The fraction of sp³-hybridized carbons (Fsp3) is 0.579. The second-order valence-corrected chi connectivity index (χ2v) is 7.84.